The minimum Gasteiger partial charge on any atom is -0.345 e. The fraction of sp³-hybridized carbons (Fsp3) is 0.500. The highest BCUT2D eigenvalue weighted by Crippen LogP contribution is 2.28. The molecular weight excluding hydrogens is 312 g/mol. The van der Waals surface area contributed by atoms with Crippen molar-refractivity contribution in [2.45, 2.75) is 30.9 Å². The summed E-state index contributed by atoms with van der Waals surface area (Å²) in [5, 5.41) is -0.0975. The number of rotatable bonds is 4. The van der Waals surface area contributed by atoms with Gasteiger partial charge in [-0.3, -0.25) is 9.52 Å². The van der Waals surface area contributed by atoms with E-state index in [0.717, 1.165) is 12.8 Å². The van der Waals surface area contributed by atoms with Crippen molar-refractivity contribution in [3.8, 4) is 0 Å². The summed E-state index contributed by atoms with van der Waals surface area (Å²) in [4.78, 5) is 13.3. The van der Waals surface area contributed by atoms with Gasteiger partial charge in [0.1, 0.15) is 0 Å². The molecule has 0 atom stereocenters. The van der Waals surface area contributed by atoms with Crippen LogP contribution in [-0.2, 0) is 10.0 Å². The quantitative estimate of drug-likeness (QED) is 0.923. The molecule has 0 radical (unpaired) electrons. The van der Waals surface area contributed by atoms with Crippen LogP contribution in [0.5, 0.6) is 0 Å². The predicted molar refractivity (Wildman–Crippen MR) is 84.3 cm³/mol. The highest BCUT2D eigenvalue weighted by Gasteiger charge is 2.28. The molecule has 116 valence electrons. The first kappa shape index (κ1) is 16.1. The van der Waals surface area contributed by atoms with Crippen LogP contribution < -0.4 is 4.72 Å². The Morgan fingerprint density at radius 2 is 1.90 bits per heavy atom. The third-order valence-corrected chi connectivity index (χ3v) is 5.79. The van der Waals surface area contributed by atoms with Gasteiger partial charge in [0.25, 0.3) is 5.91 Å². The van der Waals surface area contributed by atoms with Crippen molar-refractivity contribution >= 4 is 33.2 Å². The summed E-state index contributed by atoms with van der Waals surface area (Å²) >= 11 is 6.07. The molecule has 1 aromatic carbocycles. The van der Waals surface area contributed by atoms with E-state index in [2.05, 4.69) is 4.72 Å². The topological polar surface area (TPSA) is 66.5 Å². The summed E-state index contributed by atoms with van der Waals surface area (Å²) in [5.74, 6) is -0.217. The summed E-state index contributed by atoms with van der Waals surface area (Å²) in [6.07, 6.45) is 3.28. The van der Waals surface area contributed by atoms with Gasteiger partial charge in [-0.15, -0.1) is 0 Å². The fourth-order valence-electron chi connectivity index (χ4n) is 2.44. The van der Waals surface area contributed by atoms with Crippen molar-refractivity contribution < 1.29 is 13.2 Å². The Morgan fingerprint density at radius 1 is 1.29 bits per heavy atom. The van der Waals surface area contributed by atoms with Gasteiger partial charge in [0.2, 0.25) is 10.0 Å². The number of carbonyl (C=O) groups excluding carboxylic acids is 1. The van der Waals surface area contributed by atoms with Crippen molar-refractivity contribution in [3.63, 3.8) is 0 Å². The highest BCUT2D eigenvalue weighted by molar-refractivity contribution is 7.93. The van der Waals surface area contributed by atoms with Crippen molar-refractivity contribution in [3.05, 3.63) is 28.8 Å². The number of nitrogens with one attached hydrogen (secondary N) is 1. The minimum atomic E-state index is -3.38. The number of halogens is 1. The second-order valence-electron chi connectivity index (χ2n) is 5.45. The lowest BCUT2D eigenvalue weighted by Crippen LogP contribution is -2.25. The Labute approximate surface area is 130 Å². The molecule has 0 heterocycles. The lowest BCUT2D eigenvalue weighted by Gasteiger charge is -2.15. The summed E-state index contributed by atoms with van der Waals surface area (Å²) in [7, 11) is -0.115. The van der Waals surface area contributed by atoms with Crippen LogP contribution in [0.4, 0.5) is 5.69 Å². The highest BCUT2D eigenvalue weighted by atomic mass is 35.5. The first-order chi connectivity index (χ1) is 9.81. The van der Waals surface area contributed by atoms with Crippen molar-refractivity contribution in [1.29, 1.82) is 0 Å². The Balaban J connectivity index is 2.19. The van der Waals surface area contributed by atoms with Crippen molar-refractivity contribution in [1.82, 2.24) is 4.90 Å². The largest absolute Gasteiger partial charge is 0.345 e. The number of anilines is 1. The van der Waals surface area contributed by atoms with E-state index in [0.29, 0.717) is 24.1 Å². The van der Waals surface area contributed by atoms with Crippen LogP contribution in [0.2, 0.25) is 5.02 Å². The third-order valence-electron chi connectivity index (χ3n) is 3.61. The zero-order chi connectivity index (χ0) is 15.6. The van der Waals surface area contributed by atoms with Gasteiger partial charge in [-0.05, 0) is 31.0 Å². The van der Waals surface area contributed by atoms with Crippen LogP contribution in [0.1, 0.15) is 36.0 Å². The number of carbonyl (C=O) groups is 1. The fourth-order valence-corrected chi connectivity index (χ4v) is 4.28. The van der Waals surface area contributed by atoms with E-state index in [4.69, 9.17) is 11.6 Å². The molecule has 1 fully saturated rings. The first-order valence-electron chi connectivity index (χ1n) is 6.84. The Morgan fingerprint density at radius 3 is 2.43 bits per heavy atom. The number of nitrogens with zero attached hydrogens (tertiary/aromatic N) is 1. The van der Waals surface area contributed by atoms with Gasteiger partial charge < -0.3 is 4.90 Å². The summed E-state index contributed by atoms with van der Waals surface area (Å²) in [5.41, 5.74) is 0.743. The molecule has 1 N–H and O–H groups in total. The summed E-state index contributed by atoms with van der Waals surface area (Å²) < 4.78 is 27.0. The zero-order valence-electron chi connectivity index (χ0n) is 12.1. The van der Waals surface area contributed by atoms with Crippen LogP contribution in [-0.4, -0.2) is 38.6 Å². The van der Waals surface area contributed by atoms with E-state index in [1.54, 1.807) is 20.2 Å². The van der Waals surface area contributed by atoms with Crippen LogP contribution in [0.15, 0.2) is 18.2 Å². The third kappa shape index (κ3) is 3.68. The number of benzene rings is 1. The summed E-state index contributed by atoms with van der Waals surface area (Å²) in [6, 6.07) is 4.58. The van der Waals surface area contributed by atoms with E-state index in [9.17, 15) is 13.2 Å². The molecule has 1 aromatic rings. The smallest absolute Gasteiger partial charge is 0.254 e. The Bertz CT molecular complexity index is 638. The normalized spacial score (nSPS) is 16.0. The molecule has 0 spiro atoms. The molecular formula is C14H19ClN2O3S. The van der Waals surface area contributed by atoms with Crippen LogP contribution in [0.3, 0.4) is 0 Å². The number of hydrogen-bond acceptors (Lipinski definition) is 3. The molecule has 1 aliphatic rings. The molecule has 1 aliphatic carbocycles. The molecule has 7 heteroatoms. The van der Waals surface area contributed by atoms with Gasteiger partial charge in [0.05, 0.1) is 21.5 Å². The lowest BCUT2D eigenvalue weighted by molar-refractivity contribution is 0.0828. The Hall–Kier alpha value is -1.27. The minimum absolute atomic E-state index is 0.217. The van der Waals surface area contributed by atoms with E-state index < -0.39 is 10.0 Å². The average molecular weight is 331 g/mol. The maximum Gasteiger partial charge on any atom is 0.254 e. The molecule has 21 heavy (non-hydrogen) atoms. The number of amides is 1. The van der Waals surface area contributed by atoms with Gasteiger partial charge in [0, 0.05) is 14.1 Å². The molecule has 0 unspecified atom stereocenters. The lowest BCUT2D eigenvalue weighted by atomic mass is 10.2. The summed E-state index contributed by atoms with van der Waals surface area (Å²) in [6.45, 7) is 0. The van der Waals surface area contributed by atoms with Crippen LogP contribution >= 0.6 is 11.6 Å². The van der Waals surface area contributed by atoms with Crippen LogP contribution in [0, 0.1) is 0 Å². The molecule has 1 amide bonds. The van der Waals surface area contributed by atoms with E-state index in [1.807, 2.05) is 0 Å². The predicted octanol–water partition coefficient (Wildman–Crippen LogP) is 2.73. The molecule has 5 nitrogen and oxygen atoms in total. The molecule has 2 rings (SSSR count). The average Bonchev–Trinajstić information content (AvgIpc) is 2.92. The van der Waals surface area contributed by atoms with Gasteiger partial charge in [0.15, 0.2) is 0 Å². The second kappa shape index (κ2) is 6.23. The van der Waals surface area contributed by atoms with Gasteiger partial charge in [-0.1, -0.05) is 24.4 Å². The molecule has 0 aliphatic heterocycles. The zero-order valence-corrected chi connectivity index (χ0v) is 13.7. The number of sulfonamides is 1. The Kier molecular flexibility index (Phi) is 4.78. The SMILES string of the molecule is CN(C)C(=O)c1ccc(NS(=O)(=O)C2CCCC2)cc1Cl. The van der Waals surface area contributed by atoms with Crippen LogP contribution in [0.25, 0.3) is 0 Å². The van der Waals surface area contributed by atoms with Crippen molar-refractivity contribution in [2.24, 2.45) is 0 Å². The first-order valence-corrected chi connectivity index (χ1v) is 8.76. The van der Waals surface area contributed by atoms with Gasteiger partial charge in [-0.2, -0.15) is 0 Å². The standard InChI is InChI=1S/C14H19ClN2O3S/c1-17(2)14(18)12-8-7-10(9-13(12)15)16-21(19,20)11-5-3-4-6-11/h7-9,11,16H,3-6H2,1-2H3. The second-order valence-corrected chi connectivity index (χ2v) is 7.82. The number of hydrogen-bond donors (Lipinski definition) is 1. The maximum atomic E-state index is 12.2. The monoisotopic (exact) mass is 330 g/mol. The van der Waals surface area contributed by atoms with E-state index >= 15 is 0 Å². The maximum absolute atomic E-state index is 12.2. The van der Waals surface area contributed by atoms with Crippen molar-refractivity contribution in [2.75, 3.05) is 18.8 Å². The van der Waals surface area contributed by atoms with E-state index in [1.165, 1.54) is 17.0 Å². The van der Waals surface area contributed by atoms with Gasteiger partial charge in [-0.25, -0.2) is 8.42 Å². The molecule has 0 bridgehead atoms. The van der Waals surface area contributed by atoms with E-state index in [-0.39, 0.29) is 16.2 Å². The molecule has 0 aromatic heterocycles. The van der Waals surface area contributed by atoms with Gasteiger partial charge >= 0.3 is 0 Å². The molecule has 1 saturated carbocycles. The molecule has 0 saturated heterocycles.